The Kier molecular flexibility index (Phi) is 3.33. The SMILES string of the molecule is CC1(C)CCN(C2(CN)CCCCC2(C)C)C1. The van der Waals surface area contributed by atoms with Crippen LogP contribution in [0.1, 0.15) is 59.8 Å². The Morgan fingerprint density at radius 3 is 2.12 bits per heavy atom. The molecular weight excluding hydrogens is 208 g/mol. The largest absolute Gasteiger partial charge is 0.329 e. The normalized spacial score (nSPS) is 37.2. The summed E-state index contributed by atoms with van der Waals surface area (Å²) in [4.78, 5) is 2.73. The predicted molar refractivity (Wildman–Crippen MR) is 74.0 cm³/mol. The third-order valence-electron chi connectivity index (χ3n) is 5.52. The highest BCUT2D eigenvalue weighted by Crippen LogP contribution is 2.49. The van der Waals surface area contributed by atoms with Crippen molar-refractivity contribution in [2.24, 2.45) is 16.6 Å². The van der Waals surface area contributed by atoms with E-state index >= 15 is 0 Å². The van der Waals surface area contributed by atoms with Crippen LogP contribution in [0.25, 0.3) is 0 Å². The van der Waals surface area contributed by atoms with Gasteiger partial charge in [-0.25, -0.2) is 0 Å². The van der Waals surface area contributed by atoms with Crippen molar-refractivity contribution in [3.05, 3.63) is 0 Å². The van der Waals surface area contributed by atoms with Gasteiger partial charge in [0.1, 0.15) is 0 Å². The first kappa shape index (κ1) is 13.4. The molecule has 1 aliphatic carbocycles. The molecule has 2 heteroatoms. The van der Waals surface area contributed by atoms with Crippen LogP contribution < -0.4 is 5.73 Å². The van der Waals surface area contributed by atoms with Crippen LogP contribution in [0, 0.1) is 10.8 Å². The molecule has 0 aromatic heterocycles. The van der Waals surface area contributed by atoms with Crippen LogP contribution in [-0.4, -0.2) is 30.1 Å². The van der Waals surface area contributed by atoms with Gasteiger partial charge in [-0.3, -0.25) is 4.90 Å². The van der Waals surface area contributed by atoms with E-state index in [0.29, 0.717) is 10.8 Å². The second-order valence-corrected chi connectivity index (χ2v) is 7.66. The summed E-state index contributed by atoms with van der Waals surface area (Å²) in [5, 5.41) is 0. The minimum Gasteiger partial charge on any atom is -0.329 e. The lowest BCUT2D eigenvalue weighted by Crippen LogP contribution is -2.63. The van der Waals surface area contributed by atoms with E-state index in [-0.39, 0.29) is 5.54 Å². The maximum Gasteiger partial charge on any atom is 0.0382 e. The first-order chi connectivity index (χ1) is 7.83. The molecule has 2 N–H and O–H groups in total. The molecule has 100 valence electrons. The molecule has 0 aromatic rings. The van der Waals surface area contributed by atoms with E-state index in [4.69, 9.17) is 5.73 Å². The molecule has 1 saturated carbocycles. The maximum atomic E-state index is 6.24. The molecule has 1 unspecified atom stereocenters. The Morgan fingerprint density at radius 2 is 1.65 bits per heavy atom. The highest BCUT2D eigenvalue weighted by atomic mass is 15.2. The zero-order chi connectivity index (χ0) is 12.7. The molecule has 0 amide bonds. The molecule has 1 atom stereocenters. The molecular formula is C15H30N2. The Hall–Kier alpha value is -0.0800. The standard InChI is InChI=1S/C15H30N2/c1-13(2)9-10-17(12-13)15(11-16)8-6-5-7-14(15,3)4/h5-12,16H2,1-4H3. The number of nitrogens with two attached hydrogens (primary N) is 1. The van der Waals surface area contributed by atoms with Gasteiger partial charge in [0.25, 0.3) is 0 Å². The van der Waals surface area contributed by atoms with Crippen molar-refractivity contribution in [2.45, 2.75) is 65.3 Å². The zero-order valence-electron chi connectivity index (χ0n) is 12.2. The minimum atomic E-state index is 0.263. The summed E-state index contributed by atoms with van der Waals surface area (Å²) >= 11 is 0. The second-order valence-electron chi connectivity index (χ2n) is 7.66. The molecule has 2 fully saturated rings. The fourth-order valence-corrected chi connectivity index (χ4v) is 4.13. The van der Waals surface area contributed by atoms with Gasteiger partial charge >= 0.3 is 0 Å². The lowest BCUT2D eigenvalue weighted by atomic mass is 9.62. The van der Waals surface area contributed by atoms with E-state index in [1.807, 2.05) is 0 Å². The van der Waals surface area contributed by atoms with Crippen molar-refractivity contribution in [2.75, 3.05) is 19.6 Å². The van der Waals surface area contributed by atoms with Gasteiger partial charge < -0.3 is 5.73 Å². The second kappa shape index (κ2) is 4.24. The zero-order valence-corrected chi connectivity index (χ0v) is 12.2. The molecule has 2 nitrogen and oxygen atoms in total. The number of nitrogens with zero attached hydrogens (tertiary/aromatic N) is 1. The van der Waals surface area contributed by atoms with Gasteiger partial charge in [0.2, 0.25) is 0 Å². The Labute approximate surface area is 107 Å². The lowest BCUT2D eigenvalue weighted by molar-refractivity contribution is -0.0350. The van der Waals surface area contributed by atoms with Gasteiger partial charge in [0.15, 0.2) is 0 Å². The van der Waals surface area contributed by atoms with Gasteiger partial charge in [-0.05, 0) is 36.6 Å². The van der Waals surface area contributed by atoms with Crippen molar-refractivity contribution in [1.82, 2.24) is 4.90 Å². The van der Waals surface area contributed by atoms with E-state index in [2.05, 4.69) is 32.6 Å². The molecule has 2 rings (SSSR count). The number of hydrogen-bond donors (Lipinski definition) is 1. The van der Waals surface area contributed by atoms with Crippen LogP contribution in [0.15, 0.2) is 0 Å². The van der Waals surface area contributed by atoms with Gasteiger partial charge in [0.05, 0.1) is 0 Å². The van der Waals surface area contributed by atoms with E-state index in [9.17, 15) is 0 Å². The number of hydrogen-bond acceptors (Lipinski definition) is 2. The molecule has 1 heterocycles. The predicted octanol–water partition coefficient (Wildman–Crippen LogP) is 3.02. The summed E-state index contributed by atoms with van der Waals surface area (Å²) in [6.07, 6.45) is 6.70. The van der Waals surface area contributed by atoms with E-state index in [1.165, 1.54) is 45.2 Å². The van der Waals surface area contributed by atoms with Crippen molar-refractivity contribution in [3.8, 4) is 0 Å². The average Bonchev–Trinajstić information content (AvgIpc) is 2.59. The minimum absolute atomic E-state index is 0.263. The van der Waals surface area contributed by atoms with Crippen molar-refractivity contribution in [3.63, 3.8) is 0 Å². The molecule has 17 heavy (non-hydrogen) atoms. The molecule has 0 spiro atoms. The van der Waals surface area contributed by atoms with E-state index in [0.717, 1.165) is 6.54 Å². The fourth-order valence-electron chi connectivity index (χ4n) is 4.13. The summed E-state index contributed by atoms with van der Waals surface area (Å²) in [5.41, 5.74) is 7.36. The highest BCUT2D eigenvalue weighted by Gasteiger charge is 2.51. The summed E-state index contributed by atoms with van der Waals surface area (Å²) in [7, 11) is 0. The van der Waals surface area contributed by atoms with Crippen LogP contribution in [0.5, 0.6) is 0 Å². The van der Waals surface area contributed by atoms with Crippen molar-refractivity contribution < 1.29 is 0 Å². The lowest BCUT2D eigenvalue weighted by Gasteiger charge is -2.55. The highest BCUT2D eigenvalue weighted by molar-refractivity contribution is 5.07. The smallest absolute Gasteiger partial charge is 0.0382 e. The summed E-state index contributed by atoms with van der Waals surface area (Å²) in [6.45, 7) is 13.0. The summed E-state index contributed by atoms with van der Waals surface area (Å²) in [6, 6.07) is 0. The van der Waals surface area contributed by atoms with Crippen molar-refractivity contribution >= 4 is 0 Å². The van der Waals surface area contributed by atoms with Crippen LogP contribution in [0.2, 0.25) is 0 Å². The van der Waals surface area contributed by atoms with Gasteiger partial charge in [0, 0.05) is 18.6 Å². The number of likely N-dealkylation sites (tertiary alicyclic amines) is 1. The molecule has 2 aliphatic rings. The van der Waals surface area contributed by atoms with Crippen LogP contribution in [0.3, 0.4) is 0 Å². The van der Waals surface area contributed by atoms with Crippen LogP contribution >= 0.6 is 0 Å². The van der Waals surface area contributed by atoms with Crippen LogP contribution in [0.4, 0.5) is 0 Å². The first-order valence-corrected chi connectivity index (χ1v) is 7.28. The third-order valence-corrected chi connectivity index (χ3v) is 5.52. The summed E-state index contributed by atoms with van der Waals surface area (Å²) < 4.78 is 0. The first-order valence-electron chi connectivity index (χ1n) is 7.28. The van der Waals surface area contributed by atoms with Gasteiger partial charge in [-0.1, -0.05) is 40.5 Å². The average molecular weight is 238 g/mol. The van der Waals surface area contributed by atoms with Gasteiger partial charge in [-0.2, -0.15) is 0 Å². The molecule has 0 bridgehead atoms. The number of rotatable bonds is 2. The third kappa shape index (κ3) is 2.15. The van der Waals surface area contributed by atoms with E-state index in [1.54, 1.807) is 0 Å². The molecule has 0 radical (unpaired) electrons. The van der Waals surface area contributed by atoms with E-state index < -0.39 is 0 Å². The Morgan fingerprint density at radius 1 is 1.00 bits per heavy atom. The maximum absolute atomic E-state index is 6.24. The van der Waals surface area contributed by atoms with Crippen molar-refractivity contribution in [1.29, 1.82) is 0 Å². The Bertz CT molecular complexity index is 283. The summed E-state index contributed by atoms with van der Waals surface area (Å²) in [5.74, 6) is 0. The Balaban J connectivity index is 2.24. The molecule has 1 saturated heterocycles. The van der Waals surface area contributed by atoms with Crippen LogP contribution in [-0.2, 0) is 0 Å². The molecule has 1 aliphatic heterocycles. The molecule has 0 aromatic carbocycles. The fraction of sp³-hybridized carbons (Fsp3) is 1.00. The monoisotopic (exact) mass is 238 g/mol. The van der Waals surface area contributed by atoms with Gasteiger partial charge in [-0.15, -0.1) is 0 Å². The quantitative estimate of drug-likeness (QED) is 0.801. The topological polar surface area (TPSA) is 29.3 Å².